The van der Waals surface area contributed by atoms with E-state index in [1.54, 1.807) is 6.92 Å². The van der Waals surface area contributed by atoms with E-state index in [4.69, 9.17) is 4.74 Å². The topological polar surface area (TPSA) is 72.6 Å². The van der Waals surface area contributed by atoms with Crippen molar-refractivity contribution in [1.29, 1.82) is 0 Å². The standard InChI is InChI=1S/C11H15NO4S2/c1-6(13)10-5-8(12(14)15)11(18-10)17-9-3-4-16-7(9)2/h5-7,9,13H,3-4H2,1-2H3/t6-,7?,9?/m1/s1. The monoisotopic (exact) mass is 289 g/mol. The highest BCUT2D eigenvalue weighted by Crippen LogP contribution is 2.44. The summed E-state index contributed by atoms with van der Waals surface area (Å²) < 4.78 is 6.12. The first kappa shape index (κ1) is 13.8. The van der Waals surface area contributed by atoms with Crippen LogP contribution in [0.3, 0.4) is 0 Å². The molecule has 1 aliphatic heterocycles. The Balaban J connectivity index is 2.22. The highest BCUT2D eigenvalue weighted by Gasteiger charge is 2.30. The van der Waals surface area contributed by atoms with Crippen LogP contribution in [0.4, 0.5) is 5.69 Å². The molecule has 7 heteroatoms. The molecule has 18 heavy (non-hydrogen) atoms. The average molecular weight is 289 g/mol. The third kappa shape index (κ3) is 2.85. The summed E-state index contributed by atoms with van der Waals surface area (Å²) in [6, 6.07) is 1.47. The maximum Gasteiger partial charge on any atom is 0.294 e. The van der Waals surface area contributed by atoms with Crippen LogP contribution in [0.2, 0.25) is 0 Å². The van der Waals surface area contributed by atoms with E-state index in [0.29, 0.717) is 15.7 Å². The van der Waals surface area contributed by atoms with Crippen molar-refractivity contribution < 1.29 is 14.8 Å². The Morgan fingerprint density at radius 3 is 2.94 bits per heavy atom. The first-order valence-electron chi connectivity index (χ1n) is 5.73. The number of nitrogens with zero attached hydrogens (tertiary/aromatic N) is 1. The van der Waals surface area contributed by atoms with Crippen molar-refractivity contribution in [2.24, 2.45) is 0 Å². The molecule has 0 saturated carbocycles. The molecule has 0 amide bonds. The number of ether oxygens (including phenoxy) is 1. The second-order valence-corrected chi connectivity index (χ2v) is 6.87. The van der Waals surface area contributed by atoms with Crippen LogP contribution < -0.4 is 0 Å². The Morgan fingerprint density at radius 1 is 1.72 bits per heavy atom. The van der Waals surface area contributed by atoms with Crippen molar-refractivity contribution in [2.45, 2.75) is 41.9 Å². The van der Waals surface area contributed by atoms with Crippen LogP contribution in [0, 0.1) is 10.1 Å². The van der Waals surface area contributed by atoms with Crippen molar-refractivity contribution in [3.8, 4) is 0 Å². The van der Waals surface area contributed by atoms with Crippen molar-refractivity contribution in [3.63, 3.8) is 0 Å². The fourth-order valence-electron chi connectivity index (χ4n) is 1.80. The molecule has 1 aliphatic rings. The first-order chi connectivity index (χ1) is 8.49. The summed E-state index contributed by atoms with van der Waals surface area (Å²) in [5.74, 6) is 0. The Hall–Kier alpha value is -0.630. The van der Waals surface area contributed by atoms with Crippen LogP contribution >= 0.6 is 23.1 Å². The summed E-state index contributed by atoms with van der Waals surface area (Å²) in [7, 11) is 0. The number of aliphatic hydroxyl groups excluding tert-OH is 1. The SMILES string of the molecule is CC1OCCC1Sc1sc([C@@H](C)O)cc1[N+](=O)[O-]. The molecule has 0 bridgehead atoms. The van der Waals surface area contributed by atoms with E-state index in [9.17, 15) is 15.2 Å². The van der Waals surface area contributed by atoms with Crippen LogP contribution in [0.5, 0.6) is 0 Å². The Bertz CT molecular complexity index is 446. The van der Waals surface area contributed by atoms with Crippen LogP contribution in [-0.4, -0.2) is 28.0 Å². The predicted molar refractivity (Wildman–Crippen MR) is 71.3 cm³/mol. The first-order valence-corrected chi connectivity index (χ1v) is 7.43. The lowest BCUT2D eigenvalue weighted by atomic mass is 10.3. The van der Waals surface area contributed by atoms with E-state index in [1.165, 1.54) is 29.2 Å². The molecule has 1 aromatic rings. The van der Waals surface area contributed by atoms with Gasteiger partial charge in [0.2, 0.25) is 0 Å². The van der Waals surface area contributed by atoms with Crippen molar-refractivity contribution in [2.75, 3.05) is 6.61 Å². The molecule has 1 aromatic heterocycles. The number of hydrogen-bond acceptors (Lipinski definition) is 6. The summed E-state index contributed by atoms with van der Waals surface area (Å²) >= 11 is 2.79. The van der Waals surface area contributed by atoms with Gasteiger partial charge in [-0.15, -0.1) is 23.1 Å². The highest BCUT2D eigenvalue weighted by molar-refractivity contribution is 8.01. The molecule has 0 spiro atoms. The number of rotatable bonds is 4. The summed E-state index contributed by atoms with van der Waals surface area (Å²) in [5, 5.41) is 20.8. The quantitative estimate of drug-likeness (QED) is 0.681. The van der Waals surface area contributed by atoms with Gasteiger partial charge >= 0.3 is 0 Å². The molecular formula is C11H15NO4S2. The number of thioether (sulfide) groups is 1. The largest absolute Gasteiger partial charge is 0.388 e. The Labute approximate surface area is 113 Å². The van der Waals surface area contributed by atoms with Gasteiger partial charge in [0.1, 0.15) is 4.21 Å². The molecule has 0 aliphatic carbocycles. The van der Waals surface area contributed by atoms with Crippen molar-refractivity contribution in [1.82, 2.24) is 0 Å². The van der Waals surface area contributed by atoms with Crippen LogP contribution in [0.15, 0.2) is 10.3 Å². The summed E-state index contributed by atoms with van der Waals surface area (Å²) in [6.45, 7) is 4.31. The summed E-state index contributed by atoms with van der Waals surface area (Å²) in [4.78, 5) is 11.3. The second kappa shape index (κ2) is 5.56. The number of hydrogen-bond donors (Lipinski definition) is 1. The fraction of sp³-hybridized carbons (Fsp3) is 0.636. The molecule has 0 aromatic carbocycles. The van der Waals surface area contributed by atoms with E-state index in [1.807, 2.05) is 6.92 Å². The fourth-order valence-corrected chi connectivity index (χ4v) is 4.46. The molecule has 2 rings (SSSR count). The van der Waals surface area contributed by atoms with E-state index in [-0.39, 0.29) is 22.0 Å². The van der Waals surface area contributed by atoms with Crippen molar-refractivity contribution >= 4 is 28.8 Å². The Kier molecular flexibility index (Phi) is 4.26. The molecule has 0 radical (unpaired) electrons. The molecule has 1 saturated heterocycles. The summed E-state index contributed by atoms with van der Waals surface area (Å²) in [6.07, 6.45) is 0.359. The molecule has 2 unspecified atom stereocenters. The van der Waals surface area contributed by atoms with Gasteiger partial charge in [0.25, 0.3) is 5.69 Å². The van der Waals surface area contributed by atoms with E-state index in [2.05, 4.69) is 0 Å². The second-order valence-electron chi connectivity index (χ2n) is 4.28. The summed E-state index contributed by atoms with van der Waals surface area (Å²) in [5.41, 5.74) is 0.0972. The molecule has 2 heterocycles. The van der Waals surface area contributed by atoms with E-state index >= 15 is 0 Å². The van der Waals surface area contributed by atoms with Gasteiger partial charge in [-0.2, -0.15) is 0 Å². The normalized spacial score (nSPS) is 25.3. The van der Waals surface area contributed by atoms with Crippen LogP contribution in [0.1, 0.15) is 31.2 Å². The van der Waals surface area contributed by atoms with Gasteiger partial charge in [-0.25, -0.2) is 0 Å². The smallest absolute Gasteiger partial charge is 0.294 e. The average Bonchev–Trinajstić information content (AvgIpc) is 2.87. The number of nitro groups is 1. The van der Waals surface area contributed by atoms with Gasteiger partial charge in [0, 0.05) is 22.8 Å². The van der Waals surface area contributed by atoms with E-state index < -0.39 is 6.10 Å². The lowest BCUT2D eigenvalue weighted by Crippen LogP contribution is -2.12. The van der Waals surface area contributed by atoms with Gasteiger partial charge in [-0.05, 0) is 20.3 Å². The molecule has 100 valence electrons. The predicted octanol–water partition coefficient (Wildman–Crippen LogP) is 2.98. The number of aliphatic hydroxyl groups is 1. The maximum atomic E-state index is 11.0. The lowest BCUT2D eigenvalue weighted by Gasteiger charge is -2.11. The third-order valence-corrected chi connectivity index (χ3v) is 5.85. The Morgan fingerprint density at radius 2 is 2.44 bits per heavy atom. The van der Waals surface area contributed by atoms with Gasteiger partial charge in [0.05, 0.1) is 17.1 Å². The van der Waals surface area contributed by atoms with Crippen LogP contribution in [0.25, 0.3) is 0 Å². The zero-order valence-corrected chi connectivity index (χ0v) is 11.8. The minimum absolute atomic E-state index is 0.0972. The van der Waals surface area contributed by atoms with Gasteiger partial charge in [-0.3, -0.25) is 10.1 Å². The third-order valence-electron chi connectivity index (χ3n) is 2.87. The van der Waals surface area contributed by atoms with Gasteiger partial charge in [0.15, 0.2) is 0 Å². The zero-order valence-electron chi connectivity index (χ0n) is 10.2. The minimum Gasteiger partial charge on any atom is -0.388 e. The van der Waals surface area contributed by atoms with Crippen molar-refractivity contribution in [3.05, 3.63) is 21.1 Å². The molecule has 5 nitrogen and oxygen atoms in total. The van der Waals surface area contributed by atoms with E-state index in [0.717, 1.165) is 6.42 Å². The molecule has 1 N–H and O–H groups in total. The molecule has 1 fully saturated rings. The molecule has 3 atom stereocenters. The highest BCUT2D eigenvalue weighted by atomic mass is 32.2. The van der Waals surface area contributed by atoms with Gasteiger partial charge < -0.3 is 9.84 Å². The minimum atomic E-state index is -0.666. The van der Waals surface area contributed by atoms with Gasteiger partial charge in [-0.1, -0.05) is 0 Å². The van der Waals surface area contributed by atoms with Crippen LogP contribution in [-0.2, 0) is 4.74 Å². The maximum absolute atomic E-state index is 11.0. The molecular weight excluding hydrogens is 274 g/mol. The lowest BCUT2D eigenvalue weighted by molar-refractivity contribution is -0.387. The number of thiophene rings is 1. The zero-order chi connectivity index (χ0) is 13.3.